The molecule has 2 aromatic rings. The van der Waals surface area contributed by atoms with Gasteiger partial charge in [0.15, 0.2) is 0 Å². The number of amides is 1. The van der Waals surface area contributed by atoms with Gasteiger partial charge >= 0.3 is 0 Å². The first-order valence-electron chi connectivity index (χ1n) is 8.64. The summed E-state index contributed by atoms with van der Waals surface area (Å²) < 4.78 is 40.5. The van der Waals surface area contributed by atoms with Crippen LogP contribution in [0.2, 0.25) is 0 Å². The van der Waals surface area contributed by atoms with E-state index in [1.807, 2.05) is 0 Å². The molecule has 5 nitrogen and oxygen atoms in total. The fraction of sp³-hybridized carbons (Fsp3) is 0.316. The van der Waals surface area contributed by atoms with E-state index >= 15 is 0 Å². The molecule has 27 heavy (non-hydrogen) atoms. The number of sulfonamides is 1. The van der Waals surface area contributed by atoms with Crippen LogP contribution in [0.3, 0.4) is 0 Å². The van der Waals surface area contributed by atoms with Crippen molar-refractivity contribution in [3.05, 3.63) is 58.3 Å². The summed E-state index contributed by atoms with van der Waals surface area (Å²) in [7, 11) is -3.55. The zero-order chi connectivity index (χ0) is 19.6. The van der Waals surface area contributed by atoms with Crippen molar-refractivity contribution in [1.82, 2.24) is 4.31 Å². The second-order valence-corrected chi connectivity index (χ2v) is 9.48. The van der Waals surface area contributed by atoms with Crippen LogP contribution in [-0.2, 0) is 10.0 Å². The maximum Gasteiger partial charge on any atom is 0.255 e. The van der Waals surface area contributed by atoms with Crippen LogP contribution in [0.1, 0.15) is 30.1 Å². The minimum Gasteiger partial charge on any atom is -0.321 e. The Balaban J connectivity index is 1.73. The normalized spacial score (nSPS) is 16.3. The lowest BCUT2D eigenvalue weighted by Gasteiger charge is -2.29. The van der Waals surface area contributed by atoms with Crippen molar-refractivity contribution in [3.63, 3.8) is 0 Å². The molecule has 1 saturated heterocycles. The average molecular weight is 455 g/mol. The lowest BCUT2D eigenvalue weighted by Crippen LogP contribution is -2.37. The fourth-order valence-electron chi connectivity index (χ4n) is 2.94. The first kappa shape index (κ1) is 20.0. The third-order valence-corrected chi connectivity index (χ3v) is 7.25. The maximum atomic E-state index is 13.1. The zero-order valence-corrected chi connectivity index (χ0v) is 17.2. The van der Waals surface area contributed by atoms with Crippen LogP contribution in [0.15, 0.2) is 51.8 Å². The average Bonchev–Trinajstić information content (AvgIpc) is 2.64. The van der Waals surface area contributed by atoms with Crippen LogP contribution < -0.4 is 5.32 Å². The number of carbonyl (C=O) groups excluding carboxylic acids is 1. The molecule has 144 valence electrons. The molecule has 0 aliphatic carbocycles. The number of halogens is 2. The molecule has 1 heterocycles. The molecule has 1 fully saturated rings. The van der Waals surface area contributed by atoms with Crippen LogP contribution in [0.4, 0.5) is 10.1 Å². The minimum atomic E-state index is -3.55. The fourth-order valence-corrected chi connectivity index (χ4v) is 4.86. The molecule has 3 rings (SSSR count). The van der Waals surface area contributed by atoms with Gasteiger partial charge in [-0.15, -0.1) is 0 Å². The van der Waals surface area contributed by atoms with Crippen LogP contribution in [0.25, 0.3) is 0 Å². The molecule has 1 aliphatic heterocycles. The number of carbonyl (C=O) groups is 1. The van der Waals surface area contributed by atoms with Gasteiger partial charge in [0.25, 0.3) is 5.91 Å². The molecule has 1 aliphatic rings. The highest BCUT2D eigenvalue weighted by Crippen LogP contribution is 2.25. The van der Waals surface area contributed by atoms with Crippen molar-refractivity contribution in [3.8, 4) is 0 Å². The highest BCUT2D eigenvalue weighted by molar-refractivity contribution is 9.10. The Kier molecular flexibility index (Phi) is 5.98. The van der Waals surface area contributed by atoms with E-state index in [4.69, 9.17) is 0 Å². The Labute approximate surface area is 166 Å². The van der Waals surface area contributed by atoms with Gasteiger partial charge in [0, 0.05) is 23.1 Å². The Morgan fingerprint density at radius 2 is 1.78 bits per heavy atom. The summed E-state index contributed by atoms with van der Waals surface area (Å²) in [6.45, 7) is 3.16. The van der Waals surface area contributed by atoms with Gasteiger partial charge in [0.05, 0.1) is 10.6 Å². The maximum absolute atomic E-state index is 13.1. The summed E-state index contributed by atoms with van der Waals surface area (Å²) in [5.41, 5.74) is 0.748. The highest BCUT2D eigenvalue weighted by Gasteiger charge is 2.28. The molecule has 1 amide bonds. The summed E-state index contributed by atoms with van der Waals surface area (Å²) in [5, 5.41) is 2.67. The third kappa shape index (κ3) is 4.56. The molecule has 0 bridgehead atoms. The molecule has 0 spiro atoms. The van der Waals surface area contributed by atoms with Crippen LogP contribution in [0, 0.1) is 11.7 Å². The monoisotopic (exact) mass is 454 g/mol. The van der Waals surface area contributed by atoms with Crippen molar-refractivity contribution in [2.75, 3.05) is 18.4 Å². The molecular formula is C19H20BrFN2O3S. The van der Waals surface area contributed by atoms with E-state index in [2.05, 4.69) is 28.2 Å². The van der Waals surface area contributed by atoms with Crippen molar-refractivity contribution in [2.45, 2.75) is 24.7 Å². The van der Waals surface area contributed by atoms with Gasteiger partial charge in [-0.3, -0.25) is 4.79 Å². The minimum absolute atomic E-state index is 0.177. The number of nitrogens with zero attached hydrogens (tertiary/aromatic N) is 1. The summed E-state index contributed by atoms with van der Waals surface area (Å²) in [5.74, 6) is -0.284. The number of anilines is 1. The van der Waals surface area contributed by atoms with Crippen molar-refractivity contribution in [2.24, 2.45) is 5.92 Å². The first-order chi connectivity index (χ1) is 12.8. The number of nitrogens with one attached hydrogen (secondary N) is 1. The Hall–Kier alpha value is -1.77. The van der Waals surface area contributed by atoms with E-state index in [9.17, 15) is 17.6 Å². The third-order valence-electron chi connectivity index (χ3n) is 4.68. The second-order valence-electron chi connectivity index (χ2n) is 6.69. The molecule has 8 heteroatoms. The topological polar surface area (TPSA) is 66.5 Å². The van der Waals surface area contributed by atoms with E-state index in [1.54, 1.807) is 0 Å². The quantitative estimate of drug-likeness (QED) is 0.750. The molecule has 0 saturated carbocycles. The van der Waals surface area contributed by atoms with Gasteiger partial charge in [0.1, 0.15) is 5.82 Å². The molecule has 0 radical (unpaired) electrons. The molecule has 1 N–H and O–H groups in total. The number of hydrogen-bond acceptors (Lipinski definition) is 3. The Bertz CT molecular complexity index is 940. The van der Waals surface area contributed by atoms with Crippen molar-refractivity contribution < 1.29 is 17.6 Å². The Morgan fingerprint density at radius 1 is 1.15 bits per heavy atom. The summed E-state index contributed by atoms with van der Waals surface area (Å²) in [6.07, 6.45) is 1.71. The van der Waals surface area contributed by atoms with Crippen molar-refractivity contribution >= 4 is 37.5 Å². The summed E-state index contributed by atoms with van der Waals surface area (Å²) >= 11 is 3.19. The van der Waals surface area contributed by atoms with Gasteiger partial charge in [-0.25, -0.2) is 12.8 Å². The van der Waals surface area contributed by atoms with E-state index in [-0.39, 0.29) is 4.90 Å². The first-order valence-corrected chi connectivity index (χ1v) is 10.9. The largest absolute Gasteiger partial charge is 0.321 e. The Morgan fingerprint density at radius 3 is 2.37 bits per heavy atom. The molecule has 0 unspecified atom stereocenters. The van der Waals surface area contributed by atoms with E-state index in [1.165, 1.54) is 46.8 Å². The number of hydrogen-bond donors (Lipinski definition) is 1. The van der Waals surface area contributed by atoms with Gasteiger partial charge in [0.2, 0.25) is 10.0 Å². The lowest BCUT2D eigenvalue weighted by atomic mass is 10.0. The summed E-state index contributed by atoms with van der Waals surface area (Å²) in [4.78, 5) is 12.5. The SMILES string of the molecule is CC1CCN(S(=O)(=O)c2ccc(C(=O)Nc3ccc(F)cc3Br)cc2)CC1. The number of piperidine rings is 1. The molecule has 0 aromatic heterocycles. The molecule has 2 aromatic carbocycles. The zero-order valence-electron chi connectivity index (χ0n) is 14.8. The van der Waals surface area contributed by atoms with E-state index in [0.717, 1.165) is 12.8 Å². The smallest absolute Gasteiger partial charge is 0.255 e. The highest BCUT2D eigenvalue weighted by atomic mass is 79.9. The van der Waals surface area contributed by atoms with Gasteiger partial charge in [-0.2, -0.15) is 4.31 Å². The van der Waals surface area contributed by atoms with Gasteiger partial charge in [-0.05, 0) is 77.2 Å². The van der Waals surface area contributed by atoms with E-state index < -0.39 is 21.7 Å². The van der Waals surface area contributed by atoms with Crippen LogP contribution >= 0.6 is 15.9 Å². The number of benzene rings is 2. The predicted molar refractivity (Wildman–Crippen MR) is 106 cm³/mol. The van der Waals surface area contributed by atoms with Gasteiger partial charge < -0.3 is 5.32 Å². The van der Waals surface area contributed by atoms with Crippen LogP contribution in [0.5, 0.6) is 0 Å². The summed E-state index contributed by atoms with van der Waals surface area (Å²) in [6, 6.07) is 9.80. The van der Waals surface area contributed by atoms with E-state index in [0.29, 0.717) is 34.7 Å². The van der Waals surface area contributed by atoms with Gasteiger partial charge in [-0.1, -0.05) is 6.92 Å². The predicted octanol–water partition coefficient (Wildman–Crippen LogP) is 4.26. The molecule has 0 atom stereocenters. The number of rotatable bonds is 4. The second kappa shape index (κ2) is 8.08. The molecular weight excluding hydrogens is 435 g/mol. The van der Waals surface area contributed by atoms with Crippen molar-refractivity contribution in [1.29, 1.82) is 0 Å². The van der Waals surface area contributed by atoms with Crippen LogP contribution in [-0.4, -0.2) is 31.7 Å². The lowest BCUT2D eigenvalue weighted by molar-refractivity contribution is 0.102. The standard InChI is InChI=1S/C19H20BrFN2O3S/c1-13-8-10-23(11-9-13)27(25,26)16-5-2-14(3-6-16)19(24)22-18-7-4-15(21)12-17(18)20/h2-7,12-13H,8-11H2,1H3,(H,22,24).